The molecule has 0 aliphatic heterocycles. The van der Waals surface area contributed by atoms with Gasteiger partial charge in [-0.25, -0.2) is 4.39 Å². The van der Waals surface area contributed by atoms with Crippen LogP contribution in [0.15, 0.2) is 42.5 Å². The molecule has 1 atom stereocenters. The fourth-order valence-corrected chi connectivity index (χ4v) is 2.49. The molecule has 0 aliphatic rings. The van der Waals surface area contributed by atoms with Crippen LogP contribution in [0.3, 0.4) is 0 Å². The molecule has 0 heterocycles. The zero-order chi connectivity index (χ0) is 17.7. The van der Waals surface area contributed by atoms with Crippen molar-refractivity contribution in [2.75, 3.05) is 7.11 Å². The van der Waals surface area contributed by atoms with E-state index in [9.17, 15) is 14.0 Å². The summed E-state index contributed by atoms with van der Waals surface area (Å²) in [4.78, 5) is 24.0. The van der Waals surface area contributed by atoms with E-state index in [2.05, 4.69) is 10.1 Å². The first-order valence-electron chi connectivity index (χ1n) is 6.99. The van der Waals surface area contributed by atoms with Crippen molar-refractivity contribution in [2.24, 2.45) is 0 Å². The van der Waals surface area contributed by atoms with Crippen LogP contribution in [0.2, 0.25) is 10.0 Å². The fraction of sp³-hybridized carbons (Fsp3) is 0.176. The zero-order valence-corrected chi connectivity index (χ0v) is 14.2. The van der Waals surface area contributed by atoms with Crippen molar-refractivity contribution in [2.45, 2.75) is 12.5 Å². The Morgan fingerprint density at radius 1 is 1.17 bits per heavy atom. The Balaban J connectivity index is 2.25. The van der Waals surface area contributed by atoms with Crippen LogP contribution in [0.25, 0.3) is 0 Å². The smallest absolute Gasteiger partial charge is 0.307 e. The maximum Gasteiger partial charge on any atom is 0.307 e. The Bertz CT molecular complexity index is 750. The van der Waals surface area contributed by atoms with Crippen LogP contribution >= 0.6 is 23.2 Å². The minimum absolute atomic E-state index is 0.0135. The van der Waals surface area contributed by atoms with Crippen molar-refractivity contribution >= 4 is 35.1 Å². The number of halogens is 3. The van der Waals surface area contributed by atoms with Gasteiger partial charge in [0.1, 0.15) is 5.82 Å². The molecule has 24 heavy (non-hydrogen) atoms. The van der Waals surface area contributed by atoms with Crippen molar-refractivity contribution in [3.05, 3.63) is 69.5 Å². The Morgan fingerprint density at radius 2 is 1.83 bits per heavy atom. The highest BCUT2D eigenvalue weighted by Crippen LogP contribution is 2.22. The summed E-state index contributed by atoms with van der Waals surface area (Å²) in [5.41, 5.74) is 0.790. The molecule has 0 aromatic heterocycles. The van der Waals surface area contributed by atoms with Crippen molar-refractivity contribution in [3.63, 3.8) is 0 Å². The highest BCUT2D eigenvalue weighted by molar-refractivity contribution is 6.33. The molecule has 1 amide bonds. The Morgan fingerprint density at radius 3 is 2.42 bits per heavy atom. The number of methoxy groups -OCH3 is 1. The molecule has 4 nitrogen and oxygen atoms in total. The zero-order valence-electron chi connectivity index (χ0n) is 12.7. The molecule has 2 aromatic rings. The van der Waals surface area contributed by atoms with E-state index in [1.165, 1.54) is 13.2 Å². The summed E-state index contributed by atoms with van der Waals surface area (Å²) < 4.78 is 17.8. The van der Waals surface area contributed by atoms with E-state index in [4.69, 9.17) is 23.2 Å². The largest absolute Gasteiger partial charge is 0.469 e. The molecule has 0 saturated heterocycles. The molecule has 7 heteroatoms. The minimum Gasteiger partial charge on any atom is -0.469 e. The number of hydrogen-bond donors (Lipinski definition) is 1. The summed E-state index contributed by atoms with van der Waals surface area (Å²) in [5, 5.41) is 3.22. The van der Waals surface area contributed by atoms with Gasteiger partial charge in [0.05, 0.1) is 30.2 Å². The maximum atomic E-state index is 13.1. The number of esters is 1. The molecule has 0 aliphatic carbocycles. The first-order valence-corrected chi connectivity index (χ1v) is 7.74. The summed E-state index contributed by atoms with van der Waals surface area (Å²) in [6.45, 7) is 0. The second kappa shape index (κ2) is 8.13. The predicted molar refractivity (Wildman–Crippen MR) is 89.7 cm³/mol. The molecular formula is C17H14Cl2FNO3. The topological polar surface area (TPSA) is 55.4 Å². The van der Waals surface area contributed by atoms with Gasteiger partial charge in [0.2, 0.25) is 0 Å². The lowest BCUT2D eigenvalue weighted by molar-refractivity contribution is -0.141. The number of nitrogens with one attached hydrogen (secondary N) is 1. The number of ether oxygens (including phenoxy) is 1. The first-order chi connectivity index (χ1) is 11.4. The van der Waals surface area contributed by atoms with E-state index in [0.717, 1.165) is 12.1 Å². The normalized spacial score (nSPS) is 11.7. The summed E-state index contributed by atoms with van der Waals surface area (Å²) >= 11 is 11.8. The third-order valence-corrected chi connectivity index (χ3v) is 3.92. The van der Waals surface area contributed by atoms with Crippen molar-refractivity contribution in [1.29, 1.82) is 0 Å². The van der Waals surface area contributed by atoms with Crippen molar-refractivity contribution in [1.82, 2.24) is 5.32 Å². The number of carbonyl (C=O) groups excluding carboxylic acids is 2. The summed E-state index contributed by atoms with van der Waals surface area (Å²) in [6, 6.07) is 9.53. The van der Waals surface area contributed by atoms with Crippen LogP contribution in [0.1, 0.15) is 28.4 Å². The highest BCUT2D eigenvalue weighted by atomic mass is 35.5. The van der Waals surface area contributed by atoms with Crippen LogP contribution in [-0.4, -0.2) is 19.0 Å². The molecule has 0 spiro atoms. The Labute approximate surface area is 148 Å². The Hall–Kier alpha value is -2.11. The molecule has 2 rings (SSSR count). The van der Waals surface area contributed by atoms with Crippen LogP contribution in [0.4, 0.5) is 4.39 Å². The lowest BCUT2D eigenvalue weighted by atomic mass is 10.0. The van der Waals surface area contributed by atoms with E-state index in [1.807, 2.05) is 0 Å². The van der Waals surface area contributed by atoms with Gasteiger partial charge in [0, 0.05) is 5.02 Å². The molecule has 1 unspecified atom stereocenters. The predicted octanol–water partition coefficient (Wildman–Crippen LogP) is 4.17. The number of carbonyl (C=O) groups is 2. The van der Waals surface area contributed by atoms with Crippen LogP contribution in [0.5, 0.6) is 0 Å². The van der Waals surface area contributed by atoms with E-state index in [0.29, 0.717) is 10.6 Å². The van der Waals surface area contributed by atoms with Gasteiger partial charge in [0.15, 0.2) is 0 Å². The second-order valence-corrected chi connectivity index (χ2v) is 5.83. The van der Waals surface area contributed by atoms with Gasteiger partial charge in [-0.15, -0.1) is 0 Å². The third kappa shape index (κ3) is 4.69. The van der Waals surface area contributed by atoms with Gasteiger partial charge < -0.3 is 10.1 Å². The molecular weight excluding hydrogens is 356 g/mol. The molecule has 126 valence electrons. The number of amides is 1. The first kappa shape index (κ1) is 18.2. The fourth-order valence-electron chi connectivity index (χ4n) is 2.11. The van der Waals surface area contributed by atoms with Crippen LogP contribution < -0.4 is 5.32 Å². The Kier molecular flexibility index (Phi) is 6.17. The second-order valence-electron chi connectivity index (χ2n) is 4.98. The maximum absolute atomic E-state index is 13.1. The lowest BCUT2D eigenvalue weighted by Gasteiger charge is -2.19. The number of benzene rings is 2. The molecule has 2 aromatic carbocycles. The lowest BCUT2D eigenvalue weighted by Crippen LogP contribution is -2.30. The standard InChI is InChI=1S/C17H14Cl2FNO3/c1-24-16(22)9-15(10-2-4-11(18)5-3-10)21-17(23)13-7-6-12(20)8-14(13)19/h2-8,15H,9H2,1H3,(H,21,23). The number of rotatable bonds is 5. The SMILES string of the molecule is COC(=O)CC(NC(=O)c1ccc(F)cc1Cl)c1ccc(Cl)cc1. The van der Waals surface area contributed by atoms with Gasteiger partial charge in [-0.05, 0) is 35.9 Å². The minimum atomic E-state index is -0.636. The molecule has 0 radical (unpaired) electrons. The quantitative estimate of drug-likeness (QED) is 0.804. The van der Waals surface area contributed by atoms with Crippen LogP contribution in [-0.2, 0) is 9.53 Å². The number of hydrogen-bond acceptors (Lipinski definition) is 3. The highest BCUT2D eigenvalue weighted by Gasteiger charge is 2.21. The summed E-state index contributed by atoms with van der Waals surface area (Å²) in [5.74, 6) is -1.55. The van der Waals surface area contributed by atoms with Crippen molar-refractivity contribution in [3.8, 4) is 0 Å². The van der Waals surface area contributed by atoms with Gasteiger partial charge in [-0.1, -0.05) is 35.3 Å². The van der Waals surface area contributed by atoms with E-state index < -0.39 is 23.7 Å². The van der Waals surface area contributed by atoms with E-state index >= 15 is 0 Å². The van der Waals surface area contributed by atoms with E-state index in [-0.39, 0.29) is 17.0 Å². The average Bonchev–Trinajstić information content (AvgIpc) is 2.54. The molecule has 0 bridgehead atoms. The average molecular weight is 370 g/mol. The van der Waals surface area contributed by atoms with E-state index in [1.54, 1.807) is 24.3 Å². The monoisotopic (exact) mass is 369 g/mol. The van der Waals surface area contributed by atoms with Gasteiger partial charge in [0.25, 0.3) is 5.91 Å². The van der Waals surface area contributed by atoms with Gasteiger partial charge in [-0.3, -0.25) is 9.59 Å². The summed E-state index contributed by atoms with van der Waals surface area (Å²) in [6.07, 6.45) is -0.0668. The van der Waals surface area contributed by atoms with Gasteiger partial charge in [-0.2, -0.15) is 0 Å². The van der Waals surface area contributed by atoms with Crippen molar-refractivity contribution < 1.29 is 18.7 Å². The van der Waals surface area contributed by atoms with Gasteiger partial charge >= 0.3 is 5.97 Å². The molecule has 0 fully saturated rings. The third-order valence-electron chi connectivity index (χ3n) is 3.35. The van der Waals surface area contributed by atoms with Crippen LogP contribution in [0, 0.1) is 5.82 Å². The molecule has 0 saturated carbocycles. The summed E-state index contributed by atoms with van der Waals surface area (Å²) in [7, 11) is 1.26. The molecule has 1 N–H and O–H groups in total.